The molecular weight excluding hydrogens is 388 g/mol. The van der Waals surface area contributed by atoms with Crippen molar-refractivity contribution in [3.05, 3.63) is 54.1 Å². The molecular formula is C23H24O7. The monoisotopic (exact) mass is 412 g/mol. The van der Waals surface area contributed by atoms with E-state index in [1.807, 2.05) is 42.5 Å². The lowest BCUT2D eigenvalue weighted by Gasteiger charge is -2.13. The lowest BCUT2D eigenvalue weighted by molar-refractivity contribution is -0.161. The van der Waals surface area contributed by atoms with E-state index in [4.69, 9.17) is 18.9 Å². The quantitative estimate of drug-likeness (QED) is 0.216. The van der Waals surface area contributed by atoms with Crippen molar-refractivity contribution in [1.82, 2.24) is 0 Å². The smallest absolute Gasteiger partial charge is 0.341 e. The number of rotatable bonds is 8. The van der Waals surface area contributed by atoms with Gasteiger partial charge in [0.1, 0.15) is 11.3 Å². The van der Waals surface area contributed by atoms with Crippen LogP contribution in [-0.4, -0.2) is 45.8 Å². The number of methoxy groups -OCH3 is 3. The Balaban J connectivity index is 1.68. The standard InChI is InChI=1S/C23H24O7/c1-27-20(24)18-12-11-15-8-4-5-10-17(15)19(18)30-13-7-6-9-16-14-23(16,21(25)28-2)22(26)29-3/h4-6,8-12,16H,7,13-14H2,1-3H3/b9-6+. The van der Waals surface area contributed by atoms with Gasteiger partial charge >= 0.3 is 17.9 Å². The van der Waals surface area contributed by atoms with E-state index in [9.17, 15) is 14.4 Å². The number of fused-ring (bicyclic) bond motifs is 1. The Hall–Kier alpha value is -3.35. The second kappa shape index (κ2) is 8.98. The highest BCUT2D eigenvalue weighted by atomic mass is 16.5. The van der Waals surface area contributed by atoms with E-state index in [0.29, 0.717) is 30.8 Å². The van der Waals surface area contributed by atoms with Crippen LogP contribution in [0.4, 0.5) is 0 Å². The second-order valence-corrected chi connectivity index (χ2v) is 6.99. The maximum Gasteiger partial charge on any atom is 0.341 e. The molecule has 2 aromatic rings. The predicted octanol–water partition coefficient (Wildman–Crippen LogP) is 3.30. The summed E-state index contributed by atoms with van der Waals surface area (Å²) in [6.45, 7) is 0.310. The molecule has 0 aliphatic heterocycles. The molecule has 0 radical (unpaired) electrons. The van der Waals surface area contributed by atoms with Gasteiger partial charge in [0.2, 0.25) is 0 Å². The molecule has 3 rings (SSSR count). The van der Waals surface area contributed by atoms with Gasteiger partial charge in [-0.3, -0.25) is 9.59 Å². The lowest BCUT2D eigenvalue weighted by Crippen LogP contribution is -2.30. The minimum atomic E-state index is -1.24. The third-order valence-electron chi connectivity index (χ3n) is 5.30. The number of ether oxygens (including phenoxy) is 4. The average molecular weight is 412 g/mol. The molecule has 30 heavy (non-hydrogen) atoms. The molecule has 1 atom stereocenters. The van der Waals surface area contributed by atoms with Crippen molar-refractivity contribution >= 4 is 28.7 Å². The number of hydrogen-bond donors (Lipinski definition) is 0. The molecule has 1 aliphatic rings. The van der Waals surface area contributed by atoms with Crippen molar-refractivity contribution in [2.24, 2.45) is 11.3 Å². The number of carbonyl (C=O) groups excluding carboxylic acids is 3. The Morgan fingerprint density at radius 2 is 1.70 bits per heavy atom. The highest BCUT2D eigenvalue weighted by Crippen LogP contribution is 2.55. The van der Waals surface area contributed by atoms with E-state index in [1.165, 1.54) is 21.3 Å². The molecule has 158 valence electrons. The number of esters is 3. The van der Waals surface area contributed by atoms with E-state index >= 15 is 0 Å². The first-order valence-electron chi connectivity index (χ1n) is 9.56. The topological polar surface area (TPSA) is 88.1 Å². The maximum atomic E-state index is 12.1. The summed E-state index contributed by atoms with van der Waals surface area (Å²) in [6.07, 6.45) is 4.54. The van der Waals surface area contributed by atoms with Gasteiger partial charge in [0.25, 0.3) is 0 Å². The Kier molecular flexibility index (Phi) is 6.40. The first-order valence-corrected chi connectivity index (χ1v) is 9.56. The molecule has 0 N–H and O–H groups in total. The van der Waals surface area contributed by atoms with Crippen LogP contribution in [0, 0.1) is 11.3 Å². The van der Waals surface area contributed by atoms with Gasteiger partial charge in [0.15, 0.2) is 5.41 Å². The van der Waals surface area contributed by atoms with Gasteiger partial charge in [-0.15, -0.1) is 0 Å². The second-order valence-electron chi connectivity index (χ2n) is 6.99. The minimum Gasteiger partial charge on any atom is -0.492 e. The van der Waals surface area contributed by atoms with Crippen LogP contribution in [0.25, 0.3) is 10.8 Å². The molecule has 1 unspecified atom stereocenters. The molecule has 2 aromatic carbocycles. The molecule has 0 aromatic heterocycles. The number of hydrogen-bond acceptors (Lipinski definition) is 7. The summed E-state index contributed by atoms with van der Waals surface area (Å²) in [4.78, 5) is 36.1. The van der Waals surface area contributed by atoms with E-state index in [2.05, 4.69) is 0 Å². The molecule has 7 heteroatoms. The van der Waals surface area contributed by atoms with Crippen LogP contribution >= 0.6 is 0 Å². The normalized spacial score (nSPS) is 16.8. The summed E-state index contributed by atoms with van der Waals surface area (Å²) in [7, 11) is 3.83. The van der Waals surface area contributed by atoms with Crippen molar-refractivity contribution < 1.29 is 33.3 Å². The minimum absolute atomic E-state index is 0.263. The Morgan fingerprint density at radius 3 is 2.37 bits per heavy atom. The van der Waals surface area contributed by atoms with Crippen LogP contribution in [0.2, 0.25) is 0 Å². The van der Waals surface area contributed by atoms with Gasteiger partial charge in [0.05, 0.1) is 27.9 Å². The molecule has 0 spiro atoms. The van der Waals surface area contributed by atoms with Crippen LogP contribution in [0.5, 0.6) is 5.75 Å². The molecule has 0 amide bonds. The molecule has 0 saturated heterocycles. The van der Waals surface area contributed by atoms with Gasteiger partial charge in [-0.2, -0.15) is 0 Å². The fourth-order valence-electron chi connectivity index (χ4n) is 3.60. The first-order chi connectivity index (χ1) is 14.5. The van der Waals surface area contributed by atoms with Crippen LogP contribution in [-0.2, 0) is 23.8 Å². The zero-order valence-electron chi connectivity index (χ0n) is 17.2. The zero-order valence-corrected chi connectivity index (χ0v) is 17.2. The van der Waals surface area contributed by atoms with Crippen molar-refractivity contribution in [3.8, 4) is 5.75 Å². The highest BCUT2D eigenvalue weighted by Gasteiger charge is 2.66. The summed E-state index contributed by atoms with van der Waals surface area (Å²) in [6, 6.07) is 11.2. The first kappa shape index (κ1) is 21.4. The predicted molar refractivity (Wildman–Crippen MR) is 109 cm³/mol. The summed E-state index contributed by atoms with van der Waals surface area (Å²) < 4.78 is 20.3. The fourth-order valence-corrected chi connectivity index (χ4v) is 3.60. The van der Waals surface area contributed by atoms with Gasteiger partial charge in [0, 0.05) is 11.3 Å². The van der Waals surface area contributed by atoms with E-state index < -0.39 is 23.3 Å². The Labute approximate surface area is 174 Å². The van der Waals surface area contributed by atoms with Gasteiger partial charge in [-0.05, 0) is 24.3 Å². The van der Waals surface area contributed by atoms with Gasteiger partial charge < -0.3 is 18.9 Å². The fraction of sp³-hybridized carbons (Fsp3) is 0.348. The molecule has 1 saturated carbocycles. The van der Waals surface area contributed by atoms with Crippen LogP contribution in [0.1, 0.15) is 23.2 Å². The highest BCUT2D eigenvalue weighted by molar-refractivity contribution is 6.04. The van der Waals surface area contributed by atoms with Crippen molar-refractivity contribution in [2.75, 3.05) is 27.9 Å². The molecule has 1 fully saturated rings. The average Bonchev–Trinajstić information content (AvgIpc) is 3.52. The summed E-state index contributed by atoms with van der Waals surface area (Å²) in [5.74, 6) is -1.43. The Bertz CT molecular complexity index is 976. The molecule has 7 nitrogen and oxygen atoms in total. The van der Waals surface area contributed by atoms with Crippen molar-refractivity contribution in [1.29, 1.82) is 0 Å². The van der Waals surface area contributed by atoms with Crippen LogP contribution in [0.3, 0.4) is 0 Å². The Morgan fingerprint density at radius 1 is 1.00 bits per heavy atom. The molecule has 0 heterocycles. The maximum absolute atomic E-state index is 12.1. The van der Waals surface area contributed by atoms with Crippen LogP contribution < -0.4 is 4.74 Å². The van der Waals surface area contributed by atoms with E-state index in [-0.39, 0.29) is 5.92 Å². The van der Waals surface area contributed by atoms with Crippen molar-refractivity contribution in [2.45, 2.75) is 12.8 Å². The van der Waals surface area contributed by atoms with Gasteiger partial charge in [-0.1, -0.05) is 42.5 Å². The number of allylic oxidation sites excluding steroid dienone is 1. The van der Waals surface area contributed by atoms with Crippen molar-refractivity contribution in [3.63, 3.8) is 0 Å². The largest absolute Gasteiger partial charge is 0.492 e. The third kappa shape index (κ3) is 3.87. The zero-order chi connectivity index (χ0) is 21.7. The summed E-state index contributed by atoms with van der Waals surface area (Å²) in [5, 5.41) is 1.77. The molecule has 0 bridgehead atoms. The van der Waals surface area contributed by atoms with Gasteiger partial charge in [-0.25, -0.2) is 4.79 Å². The summed E-state index contributed by atoms with van der Waals surface area (Å²) in [5.41, 5.74) is -0.882. The van der Waals surface area contributed by atoms with Crippen LogP contribution in [0.15, 0.2) is 48.6 Å². The number of benzene rings is 2. The molecule has 1 aliphatic carbocycles. The number of carbonyl (C=O) groups is 3. The lowest BCUT2D eigenvalue weighted by atomic mass is 10.0. The SMILES string of the molecule is COC(=O)c1ccc2ccccc2c1OCC/C=C/C1CC1(C(=O)OC)C(=O)OC. The van der Waals surface area contributed by atoms with E-state index in [0.717, 1.165) is 10.8 Å². The third-order valence-corrected chi connectivity index (χ3v) is 5.30. The summed E-state index contributed by atoms with van der Waals surface area (Å²) >= 11 is 0. The van der Waals surface area contributed by atoms with E-state index in [1.54, 1.807) is 6.07 Å².